The molecule has 26 heavy (non-hydrogen) atoms. The summed E-state index contributed by atoms with van der Waals surface area (Å²) in [7, 11) is -3.37. The second kappa shape index (κ2) is 7.20. The van der Waals surface area contributed by atoms with Crippen molar-refractivity contribution >= 4 is 20.9 Å². The van der Waals surface area contributed by atoms with Crippen molar-refractivity contribution in [1.29, 1.82) is 0 Å². The summed E-state index contributed by atoms with van der Waals surface area (Å²) in [5.41, 5.74) is -0.471. The Kier molecular flexibility index (Phi) is 5.48. The Morgan fingerprint density at radius 2 is 1.96 bits per heavy atom. The van der Waals surface area contributed by atoms with Crippen LogP contribution in [0.2, 0.25) is 0 Å². The predicted molar refractivity (Wildman–Crippen MR) is 98.3 cm³/mol. The van der Waals surface area contributed by atoms with Crippen LogP contribution in [-0.4, -0.2) is 49.8 Å². The molecule has 5 atom stereocenters. The first kappa shape index (κ1) is 19.8. The molecule has 0 radical (unpaired) electrons. The van der Waals surface area contributed by atoms with Crippen molar-refractivity contribution in [3.05, 3.63) is 0 Å². The van der Waals surface area contributed by atoms with Crippen LogP contribution in [0.1, 0.15) is 53.4 Å². The lowest BCUT2D eigenvalue weighted by molar-refractivity contribution is -0.163. The van der Waals surface area contributed by atoms with Gasteiger partial charge in [0, 0.05) is 0 Å². The first-order valence-electron chi connectivity index (χ1n) is 9.49. The van der Waals surface area contributed by atoms with Crippen molar-refractivity contribution in [3.63, 3.8) is 0 Å². The number of carbonyl (C=O) groups is 1. The Bertz CT molecular complexity index is 682. The van der Waals surface area contributed by atoms with Crippen molar-refractivity contribution < 1.29 is 22.7 Å². The van der Waals surface area contributed by atoms with Crippen LogP contribution in [0.4, 0.5) is 0 Å². The lowest BCUT2D eigenvalue weighted by Crippen LogP contribution is -2.43. The Balaban J connectivity index is 1.58. The highest BCUT2D eigenvalue weighted by molar-refractivity contribution is 8.06. The molecule has 148 valence electrons. The third-order valence-corrected chi connectivity index (χ3v) is 7.27. The van der Waals surface area contributed by atoms with E-state index >= 15 is 0 Å². The first-order valence-corrected chi connectivity index (χ1v) is 11.1. The molecule has 1 heterocycles. The summed E-state index contributed by atoms with van der Waals surface area (Å²) in [6.45, 7) is 7.75. The standard InChI is InChI=1S/C18H30N2O5S/c1-5-6-26(22,23)16-15(19-10-20-16)24-14-9-11-7-12(14)8-13(11)17(21)25-18(2,3)4/h11-15,19H,5-10H2,1-4H3. The zero-order valence-electron chi connectivity index (χ0n) is 16.0. The summed E-state index contributed by atoms with van der Waals surface area (Å²) in [4.78, 5) is 16.5. The largest absolute Gasteiger partial charge is 0.460 e. The molecule has 8 heteroatoms. The van der Waals surface area contributed by atoms with Crippen molar-refractivity contribution in [2.24, 2.45) is 22.7 Å². The van der Waals surface area contributed by atoms with Gasteiger partial charge in [-0.2, -0.15) is 0 Å². The van der Waals surface area contributed by atoms with Gasteiger partial charge in [0.25, 0.3) is 0 Å². The van der Waals surface area contributed by atoms with E-state index in [0.717, 1.165) is 19.3 Å². The fourth-order valence-electron chi connectivity index (χ4n) is 4.35. The SMILES string of the molecule is CCCS(=O)(=O)C1=NCNC1OC1CC2CC1CC2C(=O)OC(C)(C)C. The fraction of sp³-hybridized carbons (Fsp3) is 0.889. The highest BCUT2D eigenvalue weighted by Gasteiger charge is 2.51. The van der Waals surface area contributed by atoms with E-state index in [2.05, 4.69) is 10.3 Å². The van der Waals surface area contributed by atoms with Crippen LogP contribution in [-0.2, 0) is 24.1 Å². The Hall–Kier alpha value is -0.990. The Morgan fingerprint density at radius 3 is 2.54 bits per heavy atom. The molecule has 2 aliphatic carbocycles. The van der Waals surface area contributed by atoms with Crippen molar-refractivity contribution in [2.75, 3.05) is 12.4 Å². The maximum Gasteiger partial charge on any atom is 0.309 e. The number of carbonyl (C=O) groups excluding carboxylic acids is 1. The minimum atomic E-state index is -3.37. The van der Waals surface area contributed by atoms with Gasteiger partial charge >= 0.3 is 5.97 Å². The number of sulfone groups is 1. The first-order chi connectivity index (χ1) is 12.1. The highest BCUT2D eigenvalue weighted by atomic mass is 32.2. The van der Waals surface area contributed by atoms with Crippen LogP contribution in [0.15, 0.2) is 4.99 Å². The molecular weight excluding hydrogens is 356 g/mol. The highest BCUT2D eigenvalue weighted by Crippen LogP contribution is 2.50. The predicted octanol–water partition coefficient (Wildman–Crippen LogP) is 1.87. The van der Waals surface area contributed by atoms with Gasteiger partial charge in [-0.3, -0.25) is 15.1 Å². The third kappa shape index (κ3) is 4.12. The van der Waals surface area contributed by atoms with Gasteiger partial charge in [-0.25, -0.2) is 8.42 Å². The number of hydrogen-bond donors (Lipinski definition) is 1. The topological polar surface area (TPSA) is 94.1 Å². The lowest BCUT2D eigenvalue weighted by atomic mass is 9.87. The molecule has 2 saturated carbocycles. The molecule has 0 aromatic rings. The van der Waals surface area contributed by atoms with E-state index in [1.165, 1.54) is 0 Å². The van der Waals surface area contributed by atoms with Crippen LogP contribution < -0.4 is 5.32 Å². The molecule has 0 spiro atoms. The van der Waals surface area contributed by atoms with Crippen molar-refractivity contribution in [1.82, 2.24) is 5.32 Å². The average molecular weight is 387 g/mol. The van der Waals surface area contributed by atoms with Gasteiger partial charge in [0.15, 0.2) is 21.1 Å². The summed E-state index contributed by atoms with van der Waals surface area (Å²) in [6.07, 6.45) is 2.33. The third-order valence-electron chi connectivity index (χ3n) is 5.34. The zero-order valence-corrected chi connectivity index (χ0v) is 16.8. The smallest absolute Gasteiger partial charge is 0.309 e. The van der Waals surface area contributed by atoms with Crippen LogP contribution in [0.25, 0.3) is 0 Å². The van der Waals surface area contributed by atoms with Gasteiger partial charge < -0.3 is 9.47 Å². The van der Waals surface area contributed by atoms with Crippen molar-refractivity contribution in [3.8, 4) is 0 Å². The van der Waals surface area contributed by atoms with Crippen LogP contribution in [0.3, 0.4) is 0 Å². The number of aliphatic imine (C=N–C) groups is 1. The number of fused-ring (bicyclic) bond motifs is 2. The summed E-state index contributed by atoms with van der Waals surface area (Å²) in [5, 5.41) is 3.16. The number of ether oxygens (including phenoxy) is 2. The van der Waals surface area contributed by atoms with Crippen LogP contribution >= 0.6 is 0 Å². The molecule has 3 rings (SSSR count). The maximum atomic E-state index is 12.4. The number of nitrogens with zero attached hydrogens (tertiary/aromatic N) is 1. The summed E-state index contributed by atoms with van der Waals surface area (Å²) >= 11 is 0. The molecule has 1 N–H and O–H groups in total. The van der Waals surface area contributed by atoms with E-state index in [1.807, 2.05) is 27.7 Å². The molecule has 0 aromatic carbocycles. The summed E-state index contributed by atoms with van der Waals surface area (Å²) < 4.78 is 36.3. The molecule has 1 aliphatic heterocycles. The molecule has 0 aromatic heterocycles. The van der Waals surface area contributed by atoms with E-state index in [-0.39, 0.29) is 47.3 Å². The molecule has 0 amide bonds. The molecule has 2 bridgehead atoms. The fourth-order valence-corrected chi connectivity index (χ4v) is 5.82. The summed E-state index contributed by atoms with van der Waals surface area (Å²) in [6, 6.07) is 0. The lowest BCUT2D eigenvalue weighted by Gasteiger charge is -2.31. The molecule has 7 nitrogen and oxygen atoms in total. The molecule has 3 aliphatic rings. The van der Waals surface area contributed by atoms with Gasteiger partial charge in [0.1, 0.15) is 5.60 Å². The van der Waals surface area contributed by atoms with Gasteiger partial charge in [-0.1, -0.05) is 6.92 Å². The molecule has 0 saturated heterocycles. The molecule has 5 unspecified atom stereocenters. The van der Waals surface area contributed by atoms with Crippen LogP contribution in [0, 0.1) is 17.8 Å². The molecule has 2 fully saturated rings. The van der Waals surface area contributed by atoms with E-state index in [0.29, 0.717) is 6.42 Å². The van der Waals surface area contributed by atoms with E-state index in [9.17, 15) is 13.2 Å². The van der Waals surface area contributed by atoms with E-state index in [4.69, 9.17) is 9.47 Å². The number of nitrogens with one attached hydrogen (secondary N) is 1. The van der Waals surface area contributed by atoms with E-state index < -0.39 is 21.7 Å². The van der Waals surface area contributed by atoms with Gasteiger partial charge in [-0.15, -0.1) is 0 Å². The number of esters is 1. The van der Waals surface area contributed by atoms with E-state index in [1.54, 1.807) is 0 Å². The minimum Gasteiger partial charge on any atom is -0.460 e. The monoisotopic (exact) mass is 386 g/mol. The Labute approximate surface area is 155 Å². The quantitative estimate of drug-likeness (QED) is 0.725. The average Bonchev–Trinajstić information content (AvgIpc) is 3.20. The molecular formula is C18H30N2O5S. The number of rotatable bonds is 5. The van der Waals surface area contributed by atoms with Gasteiger partial charge in [0.05, 0.1) is 24.4 Å². The van der Waals surface area contributed by atoms with Gasteiger partial charge in [-0.05, 0) is 58.3 Å². The second-order valence-corrected chi connectivity index (χ2v) is 10.7. The second-order valence-electron chi connectivity index (χ2n) is 8.60. The van der Waals surface area contributed by atoms with Crippen LogP contribution in [0.5, 0.6) is 0 Å². The zero-order chi connectivity index (χ0) is 19.1. The normalized spacial score (nSPS) is 34.2. The maximum absolute atomic E-state index is 12.4. The van der Waals surface area contributed by atoms with Gasteiger partial charge in [0.2, 0.25) is 0 Å². The van der Waals surface area contributed by atoms with Crippen molar-refractivity contribution in [2.45, 2.75) is 71.3 Å². The number of hydrogen-bond acceptors (Lipinski definition) is 7. The Morgan fingerprint density at radius 1 is 1.23 bits per heavy atom. The minimum absolute atomic E-state index is 0.0312. The summed E-state index contributed by atoms with van der Waals surface area (Å²) in [5.74, 6) is 0.442.